The Kier molecular flexibility index (Phi) is 3.68. The van der Waals surface area contributed by atoms with Gasteiger partial charge in [-0.2, -0.15) is 0 Å². The number of carbonyl (C=O) groups is 1. The number of aromatic nitrogens is 2. The van der Waals surface area contributed by atoms with E-state index in [4.69, 9.17) is 4.74 Å². The highest BCUT2D eigenvalue weighted by molar-refractivity contribution is 5.69. The number of carbonyl (C=O) groups excluding carboxylic acids is 1. The Bertz CT molecular complexity index is 318. The molecule has 0 aromatic carbocycles. The topological polar surface area (TPSA) is 35.1 Å². The Morgan fingerprint density at radius 3 is 2.86 bits per heavy atom. The fourth-order valence-corrected chi connectivity index (χ4v) is 1.17. The zero-order valence-electron chi connectivity index (χ0n) is 8.99. The first-order chi connectivity index (χ1) is 6.65. The minimum Gasteiger partial charge on any atom is -0.463 e. The maximum Gasteiger partial charge on any atom is 0.348 e. The van der Waals surface area contributed by atoms with E-state index in [-0.39, 0.29) is 5.97 Å². The van der Waals surface area contributed by atoms with Gasteiger partial charge in [0.15, 0.2) is 6.54 Å². The summed E-state index contributed by atoms with van der Waals surface area (Å²) in [4.78, 5) is 11.3. The summed E-state index contributed by atoms with van der Waals surface area (Å²) in [6.45, 7) is 4.75. The molecule has 0 spiro atoms. The van der Waals surface area contributed by atoms with Gasteiger partial charge in [0.1, 0.15) is 12.4 Å². The monoisotopic (exact) mass is 197 g/mol. The molecule has 1 aromatic heterocycles. The lowest BCUT2D eigenvalue weighted by molar-refractivity contribution is -0.677. The summed E-state index contributed by atoms with van der Waals surface area (Å²) in [5.74, 6) is 0.865. The molecular formula is C10H17N2O2+. The van der Waals surface area contributed by atoms with Crippen LogP contribution in [0.25, 0.3) is 0 Å². The van der Waals surface area contributed by atoms with Crippen molar-refractivity contribution >= 4 is 5.97 Å². The van der Waals surface area contributed by atoms with Crippen molar-refractivity contribution in [2.75, 3.05) is 6.61 Å². The molecule has 0 fully saturated rings. The summed E-state index contributed by atoms with van der Waals surface area (Å²) in [5.41, 5.74) is 0. The van der Waals surface area contributed by atoms with Crippen LogP contribution >= 0.6 is 0 Å². The van der Waals surface area contributed by atoms with E-state index in [1.165, 1.54) is 0 Å². The Balaban J connectivity index is 2.52. The zero-order chi connectivity index (χ0) is 10.6. The third kappa shape index (κ3) is 2.58. The van der Waals surface area contributed by atoms with E-state index in [2.05, 4.69) is 0 Å². The third-order valence-corrected chi connectivity index (χ3v) is 2.16. The van der Waals surface area contributed by atoms with Crippen LogP contribution in [0.2, 0.25) is 0 Å². The van der Waals surface area contributed by atoms with Crippen LogP contribution in [-0.4, -0.2) is 17.1 Å². The Labute approximate surface area is 84.1 Å². The van der Waals surface area contributed by atoms with Gasteiger partial charge in [-0.1, -0.05) is 6.92 Å². The second-order valence-corrected chi connectivity index (χ2v) is 3.30. The molecule has 0 N–H and O–H groups in total. The molecule has 1 heterocycles. The number of hydrogen-bond donors (Lipinski definition) is 0. The second kappa shape index (κ2) is 4.79. The average molecular weight is 197 g/mol. The minimum atomic E-state index is -0.175. The molecule has 0 bridgehead atoms. The predicted octanol–water partition coefficient (Wildman–Crippen LogP) is 0.574. The van der Waals surface area contributed by atoms with Gasteiger partial charge in [0, 0.05) is 6.92 Å². The van der Waals surface area contributed by atoms with E-state index >= 15 is 0 Å². The summed E-state index contributed by atoms with van der Waals surface area (Å²) in [6, 6.07) is 0. The lowest BCUT2D eigenvalue weighted by Gasteiger charge is -2.01. The van der Waals surface area contributed by atoms with E-state index in [9.17, 15) is 4.79 Å². The number of aryl methyl sites for hydroxylation is 1. The van der Waals surface area contributed by atoms with Crippen LogP contribution in [0.1, 0.15) is 19.2 Å². The molecule has 78 valence electrons. The smallest absolute Gasteiger partial charge is 0.348 e. The average Bonchev–Trinajstić information content (AvgIpc) is 2.46. The summed E-state index contributed by atoms with van der Waals surface area (Å²) < 4.78 is 8.83. The molecular weight excluding hydrogens is 180 g/mol. The third-order valence-electron chi connectivity index (χ3n) is 2.16. The standard InChI is InChI=1S/C10H17N2O2/c1-4-7-14-10(13)8-12-6-5-11(3)9(12)2/h5-6H,4,7-8H2,1-3H3/q+1. The Morgan fingerprint density at radius 1 is 1.64 bits per heavy atom. The van der Waals surface area contributed by atoms with Crippen LogP contribution in [0.15, 0.2) is 12.4 Å². The van der Waals surface area contributed by atoms with Crippen molar-refractivity contribution in [2.45, 2.75) is 26.8 Å². The normalized spacial score (nSPS) is 10.2. The van der Waals surface area contributed by atoms with Crippen molar-refractivity contribution in [3.05, 3.63) is 18.2 Å². The second-order valence-electron chi connectivity index (χ2n) is 3.30. The van der Waals surface area contributed by atoms with Crippen molar-refractivity contribution in [2.24, 2.45) is 7.05 Å². The van der Waals surface area contributed by atoms with Gasteiger partial charge in [-0.25, -0.2) is 13.9 Å². The molecule has 0 radical (unpaired) electrons. The van der Waals surface area contributed by atoms with Crippen LogP contribution in [-0.2, 0) is 23.1 Å². The zero-order valence-corrected chi connectivity index (χ0v) is 8.99. The molecule has 0 aliphatic heterocycles. The van der Waals surface area contributed by atoms with Crippen LogP contribution in [0.5, 0.6) is 0 Å². The Hall–Kier alpha value is -1.32. The van der Waals surface area contributed by atoms with E-state index in [0.717, 1.165) is 12.2 Å². The van der Waals surface area contributed by atoms with Crippen LogP contribution in [0.3, 0.4) is 0 Å². The number of esters is 1. The Morgan fingerprint density at radius 2 is 2.36 bits per heavy atom. The van der Waals surface area contributed by atoms with Gasteiger partial charge in [-0.3, -0.25) is 0 Å². The van der Waals surface area contributed by atoms with Crippen molar-refractivity contribution in [3.8, 4) is 0 Å². The SMILES string of the molecule is CCCOC(=O)Cn1cc[n+](C)c1C. The minimum absolute atomic E-state index is 0.175. The summed E-state index contributed by atoms with van der Waals surface area (Å²) >= 11 is 0. The van der Waals surface area contributed by atoms with Gasteiger partial charge < -0.3 is 4.74 Å². The summed E-state index contributed by atoms with van der Waals surface area (Å²) in [6.07, 6.45) is 4.66. The van der Waals surface area contributed by atoms with Crippen molar-refractivity contribution < 1.29 is 14.1 Å². The molecule has 0 atom stereocenters. The maximum absolute atomic E-state index is 11.3. The van der Waals surface area contributed by atoms with Crippen LogP contribution < -0.4 is 4.57 Å². The fraction of sp³-hybridized carbons (Fsp3) is 0.600. The van der Waals surface area contributed by atoms with E-state index in [1.54, 1.807) is 0 Å². The molecule has 4 heteroatoms. The highest BCUT2D eigenvalue weighted by atomic mass is 16.5. The fourth-order valence-electron chi connectivity index (χ4n) is 1.17. The van der Waals surface area contributed by atoms with Gasteiger partial charge in [0.05, 0.1) is 13.7 Å². The number of nitrogens with zero attached hydrogens (tertiary/aromatic N) is 2. The molecule has 14 heavy (non-hydrogen) atoms. The first-order valence-corrected chi connectivity index (χ1v) is 4.82. The van der Waals surface area contributed by atoms with Crippen LogP contribution in [0.4, 0.5) is 0 Å². The maximum atomic E-state index is 11.3. The molecule has 1 rings (SSSR count). The van der Waals surface area contributed by atoms with Gasteiger partial charge in [0.25, 0.3) is 5.82 Å². The molecule has 0 unspecified atom stereocenters. The summed E-state index contributed by atoms with van der Waals surface area (Å²) in [7, 11) is 1.95. The van der Waals surface area contributed by atoms with Gasteiger partial charge in [-0.05, 0) is 6.42 Å². The molecule has 1 aromatic rings. The van der Waals surface area contributed by atoms with E-state index in [0.29, 0.717) is 13.2 Å². The van der Waals surface area contributed by atoms with Gasteiger partial charge in [0.2, 0.25) is 0 Å². The number of rotatable bonds is 4. The first kappa shape index (κ1) is 10.8. The molecule has 0 aliphatic carbocycles. The molecule has 0 saturated heterocycles. The van der Waals surface area contributed by atoms with Crippen LogP contribution in [0, 0.1) is 6.92 Å². The van der Waals surface area contributed by atoms with Crippen molar-refractivity contribution in [1.29, 1.82) is 0 Å². The lowest BCUT2D eigenvalue weighted by atomic mass is 10.5. The first-order valence-electron chi connectivity index (χ1n) is 4.82. The highest BCUT2D eigenvalue weighted by Gasteiger charge is 2.13. The quantitative estimate of drug-likeness (QED) is 0.522. The molecule has 4 nitrogen and oxygen atoms in total. The summed E-state index contributed by atoms with van der Waals surface area (Å²) in [5, 5.41) is 0. The lowest BCUT2D eigenvalue weighted by Crippen LogP contribution is -2.30. The molecule has 0 amide bonds. The predicted molar refractivity (Wildman–Crippen MR) is 51.6 cm³/mol. The molecule has 0 saturated carbocycles. The number of imidazole rings is 1. The van der Waals surface area contributed by atoms with Gasteiger partial charge in [-0.15, -0.1) is 0 Å². The van der Waals surface area contributed by atoms with Crippen molar-refractivity contribution in [1.82, 2.24) is 4.57 Å². The van der Waals surface area contributed by atoms with Gasteiger partial charge >= 0.3 is 5.97 Å². The van der Waals surface area contributed by atoms with E-state index < -0.39 is 0 Å². The molecule has 0 aliphatic rings. The number of hydrogen-bond acceptors (Lipinski definition) is 2. The van der Waals surface area contributed by atoms with E-state index in [1.807, 2.05) is 42.4 Å². The number of ether oxygens (including phenoxy) is 1. The highest BCUT2D eigenvalue weighted by Crippen LogP contribution is 1.94. The van der Waals surface area contributed by atoms with Crippen molar-refractivity contribution in [3.63, 3.8) is 0 Å². The largest absolute Gasteiger partial charge is 0.463 e.